The van der Waals surface area contributed by atoms with Gasteiger partial charge >= 0.3 is 5.97 Å². The maximum atomic E-state index is 12.3. The summed E-state index contributed by atoms with van der Waals surface area (Å²) in [6.45, 7) is -0.826. The number of ether oxygens (including phenoxy) is 2. The van der Waals surface area contributed by atoms with Gasteiger partial charge in [-0.15, -0.1) is 0 Å². The summed E-state index contributed by atoms with van der Waals surface area (Å²) < 4.78 is 9.95. The summed E-state index contributed by atoms with van der Waals surface area (Å²) in [7, 11) is 1.36. The molecule has 1 saturated heterocycles. The number of hydrogen-bond donors (Lipinski definition) is 2. The second kappa shape index (κ2) is 10.2. The van der Waals surface area contributed by atoms with E-state index in [1.165, 1.54) is 25.3 Å². The molecule has 0 aromatic heterocycles. The number of carbonyl (C=O) groups is 4. The Bertz CT molecular complexity index is 1090. The maximum absolute atomic E-state index is 12.3. The fourth-order valence-electron chi connectivity index (χ4n) is 3.09. The number of anilines is 1. The Morgan fingerprint density at radius 1 is 1.18 bits per heavy atom. The van der Waals surface area contributed by atoms with E-state index in [0.29, 0.717) is 5.56 Å². The molecule has 1 aliphatic rings. The number of hydrazine groups is 1. The molecule has 0 unspecified atom stereocenters. The molecule has 2 N–H and O–H groups in total. The second-order valence-corrected chi connectivity index (χ2v) is 7.01. The molecule has 1 atom stereocenters. The first-order valence-corrected chi connectivity index (χ1v) is 9.73. The Morgan fingerprint density at radius 3 is 2.58 bits per heavy atom. The van der Waals surface area contributed by atoms with Crippen LogP contribution < -0.4 is 15.5 Å². The molecule has 3 rings (SSSR count). The predicted molar refractivity (Wildman–Crippen MR) is 113 cm³/mol. The molecule has 0 spiro atoms. The molecule has 1 aliphatic heterocycles. The Labute approximate surface area is 187 Å². The van der Waals surface area contributed by atoms with E-state index < -0.39 is 41.1 Å². The monoisotopic (exact) mass is 456 g/mol. The fraction of sp³-hybridized carbons (Fsp3) is 0.238. The molecule has 0 radical (unpaired) electrons. The van der Waals surface area contributed by atoms with E-state index >= 15 is 0 Å². The molecule has 1 fully saturated rings. The molecular formula is C21H20N4O8. The van der Waals surface area contributed by atoms with E-state index in [1.54, 1.807) is 30.3 Å². The van der Waals surface area contributed by atoms with Crippen molar-refractivity contribution in [2.75, 3.05) is 25.6 Å². The van der Waals surface area contributed by atoms with Gasteiger partial charge in [0, 0.05) is 24.1 Å². The molecule has 2 aromatic carbocycles. The number of hydrogen-bond acceptors (Lipinski definition) is 8. The number of carbonyl (C=O) groups excluding carboxylic acids is 4. The molecule has 0 bridgehead atoms. The van der Waals surface area contributed by atoms with E-state index in [1.807, 2.05) is 0 Å². The molecule has 2 aromatic rings. The minimum atomic E-state index is -0.882. The summed E-state index contributed by atoms with van der Waals surface area (Å²) in [5.74, 6) is -3.19. The molecule has 33 heavy (non-hydrogen) atoms. The van der Waals surface area contributed by atoms with Crippen LogP contribution in [0.2, 0.25) is 0 Å². The average Bonchev–Trinajstić information content (AvgIpc) is 3.17. The van der Waals surface area contributed by atoms with Gasteiger partial charge in [-0.25, -0.2) is 0 Å². The van der Waals surface area contributed by atoms with Crippen LogP contribution in [0.1, 0.15) is 16.8 Å². The van der Waals surface area contributed by atoms with Crippen LogP contribution in [0.3, 0.4) is 0 Å². The first kappa shape index (κ1) is 23.2. The van der Waals surface area contributed by atoms with Gasteiger partial charge in [0.15, 0.2) is 6.61 Å². The van der Waals surface area contributed by atoms with Gasteiger partial charge in [0.1, 0.15) is 11.4 Å². The second-order valence-electron chi connectivity index (χ2n) is 7.01. The predicted octanol–water partition coefficient (Wildman–Crippen LogP) is 1.28. The van der Waals surface area contributed by atoms with Crippen LogP contribution in [0.25, 0.3) is 0 Å². The number of methoxy groups -OCH3 is 1. The van der Waals surface area contributed by atoms with Gasteiger partial charge < -0.3 is 14.8 Å². The van der Waals surface area contributed by atoms with Gasteiger partial charge in [0.2, 0.25) is 5.91 Å². The number of esters is 1. The van der Waals surface area contributed by atoms with Crippen molar-refractivity contribution in [2.24, 2.45) is 5.92 Å². The molecule has 12 nitrogen and oxygen atoms in total. The lowest BCUT2D eigenvalue weighted by molar-refractivity contribution is -0.383. The van der Waals surface area contributed by atoms with Crippen molar-refractivity contribution in [1.29, 1.82) is 0 Å². The van der Waals surface area contributed by atoms with Crippen LogP contribution in [-0.4, -0.2) is 53.9 Å². The molecule has 172 valence electrons. The first-order valence-electron chi connectivity index (χ1n) is 9.73. The largest absolute Gasteiger partial charge is 0.497 e. The Balaban J connectivity index is 1.53. The maximum Gasteiger partial charge on any atom is 0.311 e. The van der Waals surface area contributed by atoms with Gasteiger partial charge in [-0.05, 0) is 18.2 Å². The number of nitro benzene ring substituents is 1. The van der Waals surface area contributed by atoms with Gasteiger partial charge in [-0.3, -0.25) is 39.7 Å². The number of nitrogens with one attached hydrogen (secondary N) is 2. The quantitative estimate of drug-likeness (QED) is 0.342. The van der Waals surface area contributed by atoms with Crippen LogP contribution in [0.5, 0.6) is 5.75 Å². The zero-order chi connectivity index (χ0) is 24.0. The number of benzene rings is 2. The number of nitro groups is 1. The fourth-order valence-corrected chi connectivity index (χ4v) is 3.09. The van der Waals surface area contributed by atoms with Crippen LogP contribution in [0.4, 0.5) is 11.4 Å². The third-order valence-electron chi connectivity index (χ3n) is 4.75. The van der Waals surface area contributed by atoms with Gasteiger partial charge in [0.05, 0.1) is 24.5 Å². The highest BCUT2D eigenvalue weighted by molar-refractivity contribution is 5.97. The zero-order valence-electron chi connectivity index (χ0n) is 17.5. The third kappa shape index (κ3) is 5.81. The summed E-state index contributed by atoms with van der Waals surface area (Å²) >= 11 is 0. The molecule has 12 heteroatoms. The SMILES string of the molecule is COc1ccc([N+](=O)[O-])c(NC(=O)COC(=O)[C@H]2CC(=O)N(NC(=O)c3ccccc3)C2)c1. The van der Waals surface area contributed by atoms with Crippen LogP contribution in [-0.2, 0) is 19.1 Å². The van der Waals surface area contributed by atoms with Crippen molar-refractivity contribution in [3.05, 3.63) is 64.2 Å². The van der Waals surface area contributed by atoms with Crippen LogP contribution in [0, 0.1) is 16.0 Å². The van der Waals surface area contributed by atoms with E-state index in [9.17, 15) is 29.3 Å². The minimum Gasteiger partial charge on any atom is -0.497 e. The highest BCUT2D eigenvalue weighted by Gasteiger charge is 2.36. The molecule has 0 saturated carbocycles. The van der Waals surface area contributed by atoms with Crippen molar-refractivity contribution in [1.82, 2.24) is 10.4 Å². The van der Waals surface area contributed by atoms with Crippen molar-refractivity contribution in [3.63, 3.8) is 0 Å². The van der Waals surface area contributed by atoms with E-state index in [-0.39, 0.29) is 30.1 Å². The summed E-state index contributed by atoms with van der Waals surface area (Å²) in [4.78, 5) is 59.3. The third-order valence-corrected chi connectivity index (χ3v) is 4.75. The Morgan fingerprint density at radius 2 is 1.91 bits per heavy atom. The van der Waals surface area contributed by atoms with Gasteiger partial charge in [-0.1, -0.05) is 18.2 Å². The summed E-state index contributed by atoms with van der Waals surface area (Å²) in [5.41, 5.74) is 2.31. The summed E-state index contributed by atoms with van der Waals surface area (Å²) in [5, 5.41) is 14.5. The average molecular weight is 456 g/mol. The number of nitrogens with zero attached hydrogens (tertiary/aromatic N) is 2. The van der Waals surface area contributed by atoms with Crippen LogP contribution >= 0.6 is 0 Å². The Kier molecular flexibility index (Phi) is 7.18. The standard InChI is InChI=1S/C21H20N4O8/c1-32-15-7-8-17(25(30)31)16(10-15)22-18(26)12-33-21(29)14-9-19(27)24(11-14)23-20(28)13-5-3-2-4-6-13/h2-8,10,14H,9,11-12H2,1H3,(H,22,26)(H,23,28)/t14-/m0/s1. The minimum absolute atomic E-state index is 0.112. The molecular weight excluding hydrogens is 436 g/mol. The molecule has 0 aliphatic carbocycles. The van der Waals surface area contributed by atoms with Crippen molar-refractivity contribution >= 4 is 35.1 Å². The topological polar surface area (TPSA) is 157 Å². The smallest absolute Gasteiger partial charge is 0.311 e. The lowest BCUT2D eigenvalue weighted by Gasteiger charge is -2.17. The van der Waals surface area contributed by atoms with Crippen LogP contribution in [0.15, 0.2) is 48.5 Å². The van der Waals surface area contributed by atoms with E-state index in [2.05, 4.69) is 10.7 Å². The summed E-state index contributed by atoms with van der Waals surface area (Å²) in [6.07, 6.45) is -0.198. The first-order chi connectivity index (χ1) is 15.8. The highest BCUT2D eigenvalue weighted by Crippen LogP contribution is 2.28. The van der Waals surface area contributed by atoms with Gasteiger partial charge in [0.25, 0.3) is 17.5 Å². The lowest BCUT2D eigenvalue weighted by Crippen LogP contribution is -2.43. The van der Waals surface area contributed by atoms with Crippen molar-refractivity contribution < 1.29 is 33.6 Å². The van der Waals surface area contributed by atoms with Gasteiger partial charge in [-0.2, -0.15) is 0 Å². The van der Waals surface area contributed by atoms with E-state index in [4.69, 9.17) is 9.47 Å². The normalized spacial score (nSPS) is 15.0. The highest BCUT2D eigenvalue weighted by atomic mass is 16.6. The zero-order valence-corrected chi connectivity index (χ0v) is 17.5. The van der Waals surface area contributed by atoms with E-state index in [0.717, 1.165) is 5.01 Å². The molecule has 3 amide bonds. The lowest BCUT2D eigenvalue weighted by atomic mass is 10.1. The number of amides is 3. The Hall–Kier alpha value is -4.48. The number of rotatable bonds is 8. The summed E-state index contributed by atoms with van der Waals surface area (Å²) in [6, 6.07) is 12.0. The molecule has 1 heterocycles. The van der Waals surface area contributed by atoms with Crippen molar-refractivity contribution in [2.45, 2.75) is 6.42 Å². The van der Waals surface area contributed by atoms with Crippen molar-refractivity contribution in [3.8, 4) is 5.75 Å².